The molecule has 7 nitrogen and oxygen atoms in total. The average Bonchev–Trinajstić information content (AvgIpc) is 2.79. The lowest BCUT2D eigenvalue weighted by Crippen LogP contribution is -2.36. The number of amides is 2. The van der Waals surface area contributed by atoms with Crippen LogP contribution in [0.3, 0.4) is 0 Å². The van der Waals surface area contributed by atoms with Crippen LogP contribution >= 0.6 is 0 Å². The summed E-state index contributed by atoms with van der Waals surface area (Å²) in [6.07, 6.45) is 5.64. The SMILES string of the molecule is COCCOc1cccc(NCC(=O)Nc2cccc(C(=O)NC3CCCCC3)c2)c1. The maximum absolute atomic E-state index is 12.5. The van der Waals surface area contributed by atoms with Crippen LogP contribution in [0.2, 0.25) is 0 Å². The first kappa shape index (κ1) is 22.6. The Balaban J connectivity index is 1.48. The molecule has 166 valence electrons. The lowest BCUT2D eigenvalue weighted by Gasteiger charge is -2.22. The van der Waals surface area contributed by atoms with Gasteiger partial charge in [-0.2, -0.15) is 0 Å². The highest BCUT2D eigenvalue weighted by molar-refractivity contribution is 5.98. The smallest absolute Gasteiger partial charge is 0.251 e. The van der Waals surface area contributed by atoms with Gasteiger partial charge in [0, 0.05) is 36.2 Å². The second-order valence-corrected chi connectivity index (χ2v) is 7.66. The topological polar surface area (TPSA) is 88.7 Å². The van der Waals surface area contributed by atoms with Crippen molar-refractivity contribution in [3.05, 3.63) is 54.1 Å². The molecule has 0 unspecified atom stereocenters. The van der Waals surface area contributed by atoms with Crippen molar-refractivity contribution in [2.24, 2.45) is 0 Å². The molecular formula is C24H31N3O4. The van der Waals surface area contributed by atoms with Gasteiger partial charge in [-0.15, -0.1) is 0 Å². The molecule has 0 aliphatic heterocycles. The molecule has 1 saturated carbocycles. The number of hydrogen-bond donors (Lipinski definition) is 3. The van der Waals surface area contributed by atoms with Crippen LogP contribution in [0.15, 0.2) is 48.5 Å². The molecule has 0 heterocycles. The first-order chi connectivity index (χ1) is 15.1. The standard InChI is InChI=1S/C24H31N3O4/c1-30-13-14-31-22-12-6-10-20(16-22)25-17-23(28)26-21-11-5-7-18(15-21)24(29)27-19-8-3-2-4-9-19/h5-7,10-12,15-16,19,25H,2-4,8-9,13-14,17H2,1H3,(H,26,28)(H,27,29). The zero-order valence-electron chi connectivity index (χ0n) is 18.0. The Bertz CT molecular complexity index is 865. The van der Waals surface area contributed by atoms with Crippen molar-refractivity contribution >= 4 is 23.2 Å². The fraction of sp³-hybridized carbons (Fsp3) is 0.417. The predicted octanol–water partition coefficient (Wildman–Crippen LogP) is 3.82. The summed E-state index contributed by atoms with van der Waals surface area (Å²) in [7, 11) is 1.62. The summed E-state index contributed by atoms with van der Waals surface area (Å²) in [6, 6.07) is 14.7. The second kappa shape index (κ2) is 12.0. The highest BCUT2D eigenvalue weighted by Crippen LogP contribution is 2.19. The van der Waals surface area contributed by atoms with Crippen LogP contribution in [-0.2, 0) is 9.53 Å². The first-order valence-corrected chi connectivity index (χ1v) is 10.8. The molecule has 3 rings (SSSR count). The lowest BCUT2D eigenvalue weighted by atomic mass is 9.95. The molecule has 0 bridgehead atoms. The third kappa shape index (κ3) is 7.61. The molecule has 0 spiro atoms. The van der Waals surface area contributed by atoms with Crippen molar-refractivity contribution in [3.8, 4) is 5.75 Å². The van der Waals surface area contributed by atoms with Crippen molar-refractivity contribution in [1.29, 1.82) is 0 Å². The van der Waals surface area contributed by atoms with E-state index in [4.69, 9.17) is 9.47 Å². The maximum atomic E-state index is 12.5. The van der Waals surface area contributed by atoms with Crippen LogP contribution in [0.4, 0.5) is 11.4 Å². The van der Waals surface area contributed by atoms with Gasteiger partial charge in [0.1, 0.15) is 12.4 Å². The van der Waals surface area contributed by atoms with E-state index in [-0.39, 0.29) is 24.4 Å². The highest BCUT2D eigenvalue weighted by atomic mass is 16.5. The van der Waals surface area contributed by atoms with E-state index in [0.717, 1.165) is 31.4 Å². The Morgan fingerprint density at radius 2 is 1.74 bits per heavy atom. The van der Waals surface area contributed by atoms with Crippen LogP contribution in [0.5, 0.6) is 5.75 Å². The Labute approximate surface area is 183 Å². The van der Waals surface area contributed by atoms with E-state index in [2.05, 4.69) is 16.0 Å². The number of anilines is 2. The minimum atomic E-state index is -0.199. The summed E-state index contributed by atoms with van der Waals surface area (Å²) in [6.45, 7) is 1.07. The zero-order chi connectivity index (χ0) is 21.9. The van der Waals surface area contributed by atoms with Gasteiger partial charge in [-0.1, -0.05) is 31.4 Å². The van der Waals surface area contributed by atoms with E-state index in [9.17, 15) is 9.59 Å². The number of carbonyl (C=O) groups is 2. The minimum absolute atomic E-state index is 0.0913. The van der Waals surface area contributed by atoms with Gasteiger partial charge in [0.15, 0.2) is 0 Å². The highest BCUT2D eigenvalue weighted by Gasteiger charge is 2.17. The number of rotatable bonds is 10. The Kier molecular flexibility index (Phi) is 8.72. The van der Waals surface area contributed by atoms with E-state index in [0.29, 0.717) is 30.2 Å². The fourth-order valence-corrected chi connectivity index (χ4v) is 3.58. The van der Waals surface area contributed by atoms with Crippen molar-refractivity contribution in [3.63, 3.8) is 0 Å². The summed E-state index contributed by atoms with van der Waals surface area (Å²) < 4.78 is 10.5. The van der Waals surface area contributed by atoms with Gasteiger partial charge in [-0.05, 0) is 43.2 Å². The number of benzene rings is 2. The summed E-state index contributed by atoms with van der Waals surface area (Å²) in [5.41, 5.74) is 1.93. The van der Waals surface area contributed by atoms with Gasteiger partial charge in [-0.25, -0.2) is 0 Å². The largest absolute Gasteiger partial charge is 0.491 e. The zero-order valence-corrected chi connectivity index (χ0v) is 18.0. The number of ether oxygens (including phenoxy) is 2. The average molecular weight is 426 g/mol. The Hall–Kier alpha value is -3.06. The summed E-state index contributed by atoms with van der Waals surface area (Å²) in [4.78, 5) is 24.9. The fourth-order valence-electron chi connectivity index (χ4n) is 3.58. The molecule has 7 heteroatoms. The van der Waals surface area contributed by atoms with Gasteiger partial charge in [-0.3, -0.25) is 9.59 Å². The number of methoxy groups -OCH3 is 1. The number of hydrogen-bond acceptors (Lipinski definition) is 5. The van der Waals surface area contributed by atoms with Gasteiger partial charge in [0.05, 0.1) is 13.2 Å². The van der Waals surface area contributed by atoms with E-state index in [1.165, 1.54) is 6.42 Å². The molecule has 0 saturated heterocycles. The molecular weight excluding hydrogens is 394 g/mol. The molecule has 3 N–H and O–H groups in total. The van der Waals surface area contributed by atoms with Gasteiger partial charge in [0.2, 0.25) is 5.91 Å². The molecule has 0 atom stereocenters. The molecule has 31 heavy (non-hydrogen) atoms. The van der Waals surface area contributed by atoms with Crippen LogP contribution in [0.25, 0.3) is 0 Å². The maximum Gasteiger partial charge on any atom is 0.251 e. The van der Waals surface area contributed by atoms with Crippen LogP contribution in [0.1, 0.15) is 42.5 Å². The van der Waals surface area contributed by atoms with Crippen molar-refractivity contribution in [2.45, 2.75) is 38.1 Å². The van der Waals surface area contributed by atoms with Crippen molar-refractivity contribution < 1.29 is 19.1 Å². The number of nitrogens with one attached hydrogen (secondary N) is 3. The van der Waals surface area contributed by atoms with Crippen LogP contribution < -0.4 is 20.7 Å². The summed E-state index contributed by atoms with van der Waals surface area (Å²) >= 11 is 0. The number of carbonyl (C=O) groups excluding carboxylic acids is 2. The molecule has 1 aliphatic rings. The van der Waals surface area contributed by atoms with Crippen molar-refractivity contribution in [1.82, 2.24) is 5.32 Å². The monoisotopic (exact) mass is 425 g/mol. The van der Waals surface area contributed by atoms with Gasteiger partial charge in [0.25, 0.3) is 5.91 Å². The molecule has 2 amide bonds. The van der Waals surface area contributed by atoms with Crippen molar-refractivity contribution in [2.75, 3.05) is 37.5 Å². The molecule has 0 aromatic heterocycles. The third-order valence-corrected chi connectivity index (χ3v) is 5.19. The normalized spacial score (nSPS) is 14.0. The third-order valence-electron chi connectivity index (χ3n) is 5.19. The molecule has 2 aromatic rings. The summed E-state index contributed by atoms with van der Waals surface area (Å²) in [5.74, 6) is 0.418. The molecule has 0 radical (unpaired) electrons. The van der Waals surface area contributed by atoms with E-state index in [1.807, 2.05) is 24.3 Å². The Morgan fingerprint density at radius 3 is 2.55 bits per heavy atom. The van der Waals surface area contributed by atoms with Gasteiger partial charge >= 0.3 is 0 Å². The predicted molar refractivity (Wildman–Crippen MR) is 122 cm³/mol. The van der Waals surface area contributed by atoms with E-state index in [1.54, 1.807) is 31.4 Å². The first-order valence-electron chi connectivity index (χ1n) is 10.8. The second-order valence-electron chi connectivity index (χ2n) is 7.66. The van der Waals surface area contributed by atoms with E-state index < -0.39 is 0 Å². The molecule has 2 aromatic carbocycles. The Morgan fingerprint density at radius 1 is 0.968 bits per heavy atom. The molecule has 1 aliphatic carbocycles. The van der Waals surface area contributed by atoms with Crippen LogP contribution in [0, 0.1) is 0 Å². The van der Waals surface area contributed by atoms with E-state index >= 15 is 0 Å². The minimum Gasteiger partial charge on any atom is -0.491 e. The lowest BCUT2D eigenvalue weighted by molar-refractivity contribution is -0.114. The summed E-state index contributed by atoms with van der Waals surface area (Å²) in [5, 5.41) is 9.02. The molecule has 1 fully saturated rings. The quantitative estimate of drug-likeness (QED) is 0.504. The van der Waals surface area contributed by atoms with Gasteiger partial charge < -0.3 is 25.4 Å². The van der Waals surface area contributed by atoms with Crippen LogP contribution in [-0.4, -0.2) is 44.7 Å².